The van der Waals surface area contributed by atoms with E-state index in [1.165, 1.54) is 4.90 Å². The van der Waals surface area contributed by atoms with Gasteiger partial charge in [0.1, 0.15) is 18.1 Å². The Hall–Kier alpha value is -4.21. The molecular weight excluding hydrogens is 412 g/mol. The molecule has 0 atom stereocenters. The van der Waals surface area contributed by atoms with E-state index in [4.69, 9.17) is 14.6 Å². The summed E-state index contributed by atoms with van der Waals surface area (Å²) in [6.07, 6.45) is 3.27. The summed E-state index contributed by atoms with van der Waals surface area (Å²) in [4.78, 5) is 16.9. The van der Waals surface area contributed by atoms with Crippen molar-refractivity contribution in [2.24, 2.45) is 0 Å². The first-order chi connectivity index (χ1) is 15.6. The molecule has 1 aromatic carbocycles. The van der Waals surface area contributed by atoms with Crippen molar-refractivity contribution in [3.63, 3.8) is 0 Å². The van der Waals surface area contributed by atoms with Gasteiger partial charge in [-0.3, -0.25) is 4.98 Å². The van der Waals surface area contributed by atoms with Gasteiger partial charge in [-0.05, 0) is 42.3 Å². The number of nitrogens with zero attached hydrogens (tertiary/aromatic N) is 6. The van der Waals surface area contributed by atoms with Crippen LogP contribution in [0.25, 0.3) is 22.1 Å². The predicted molar refractivity (Wildman–Crippen MR) is 116 cm³/mol. The number of fused-ring (bicyclic) bond motifs is 2. The van der Waals surface area contributed by atoms with Gasteiger partial charge in [0.2, 0.25) is 0 Å². The van der Waals surface area contributed by atoms with Crippen molar-refractivity contribution < 1.29 is 19.4 Å². The number of hydrogen-bond donors (Lipinski definition) is 1. The van der Waals surface area contributed by atoms with E-state index in [0.717, 1.165) is 27.9 Å². The smallest absolute Gasteiger partial charge is 0.407 e. The molecule has 1 aliphatic heterocycles. The van der Waals surface area contributed by atoms with Crippen molar-refractivity contribution in [3.8, 4) is 11.5 Å². The maximum absolute atomic E-state index is 11.1. The van der Waals surface area contributed by atoms with Crippen LogP contribution in [0.2, 0.25) is 0 Å². The van der Waals surface area contributed by atoms with Crippen molar-refractivity contribution >= 4 is 28.2 Å². The highest BCUT2D eigenvalue weighted by Crippen LogP contribution is 2.28. The maximum atomic E-state index is 11.1. The summed E-state index contributed by atoms with van der Waals surface area (Å²) in [5.74, 6) is 1.96. The number of rotatable bonds is 5. The second kappa shape index (κ2) is 8.14. The van der Waals surface area contributed by atoms with Crippen LogP contribution in [-0.2, 0) is 6.61 Å². The number of aromatic nitrogens is 5. The number of carboxylic acid groups (broad SMARTS) is 1. The fourth-order valence-corrected chi connectivity index (χ4v) is 3.67. The molecule has 0 fully saturated rings. The van der Waals surface area contributed by atoms with Crippen LogP contribution in [0, 0.1) is 0 Å². The molecule has 4 aromatic rings. The molecule has 10 nitrogen and oxygen atoms in total. The monoisotopic (exact) mass is 432 g/mol. The highest BCUT2D eigenvalue weighted by molar-refractivity contribution is 5.85. The molecule has 5 rings (SSSR count). The van der Waals surface area contributed by atoms with E-state index in [2.05, 4.69) is 20.3 Å². The lowest BCUT2D eigenvalue weighted by atomic mass is 10.1. The van der Waals surface area contributed by atoms with E-state index < -0.39 is 6.09 Å². The van der Waals surface area contributed by atoms with Gasteiger partial charge in [0.15, 0.2) is 11.5 Å². The molecule has 32 heavy (non-hydrogen) atoms. The Morgan fingerprint density at radius 1 is 1.19 bits per heavy atom. The summed E-state index contributed by atoms with van der Waals surface area (Å²) in [6, 6.07) is 11.1. The summed E-state index contributed by atoms with van der Waals surface area (Å²) >= 11 is 0. The summed E-state index contributed by atoms with van der Waals surface area (Å²) in [5, 5.41) is 23.1. The van der Waals surface area contributed by atoms with Crippen LogP contribution in [-0.4, -0.2) is 61.1 Å². The highest BCUT2D eigenvalue weighted by atomic mass is 16.5. The molecule has 1 amide bonds. The van der Waals surface area contributed by atoms with Crippen LogP contribution >= 0.6 is 0 Å². The number of hydrogen-bond acceptors (Lipinski definition) is 7. The summed E-state index contributed by atoms with van der Waals surface area (Å²) in [7, 11) is 1.62. The Morgan fingerprint density at radius 2 is 2.09 bits per heavy atom. The molecule has 162 valence electrons. The fourth-order valence-electron chi connectivity index (χ4n) is 3.67. The van der Waals surface area contributed by atoms with Gasteiger partial charge in [-0.2, -0.15) is 9.61 Å². The van der Waals surface area contributed by atoms with Gasteiger partial charge in [0.25, 0.3) is 0 Å². The van der Waals surface area contributed by atoms with Gasteiger partial charge in [-0.1, -0.05) is 6.08 Å². The average molecular weight is 432 g/mol. The lowest BCUT2D eigenvalue weighted by Gasteiger charge is -2.23. The molecule has 10 heteroatoms. The molecule has 4 heterocycles. The van der Waals surface area contributed by atoms with Gasteiger partial charge in [-0.25, -0.2) is 4.79 Å². The first kappa shape index (κ1) is 19.7. The van der Waals surface area contributed by atoms with Crippen molar-refractivity contribution in [1.29, 1.82) is 0 Å². The van der Waals surface area contributed by atoms with Crippen LogP contribution in [0.4, 0.5) is 4.79 Å². The molecule has 0 saturated heterocycles. The van der Waals surface area contributed by atoms with E-state index in [0.29, 0.717) is 36.7 Å². The number of benzene rings is 1. The van der Waals surface area contributed by atoms with Crippen molar-refractivity contribution in [1.82, 2.24) is 29.7 Å². The zero-order chi connectivity index (χ0) is 22.1. The number of amides is 1. The van der Waals surface area contributed by atoms with E-state index in [1.54, 1.807) is 23.9 Å². The minimum absolute atomic E-state index is 0.175. The van der Waals surface area contributed by atoms with Gasteiger partial charge in [0.05, 0.1) is 18.3 Å². The zero-order valence-electron chi connectivity index (χ0n) is 17.3. The van der Waals surface area contributed by atoms with Gasteiger partial charge in [0, 0.05) is 30.7 Å². The molecule has 0 bridgehead atoms. The first-order valence-electron chi connectivity index (χ1n) is 10.1. The molecule has 0 unspecified atom stereocenters. The molecule has 0 saturated carbocycles. The molecule has 1 N–H and O–H groups in total. The van der Waals surface area contributed by atoms with Crippen molar-refractivity contribution in [3.05, 3.63) is 60.2 Å². The number of pyridine rings is 1. The van der Waals surface area contributed by atoms with Crippen LogP contribution in [0.3, 0.4) is 0 Å². The average Bonchev–Trinajstić information content (AvgIpc) is 3.24. The van der Waals surface area contributed by atoms with Gasteiger partial charge in [-0.15, -0.1) is 10.2 Å². The third-order valence-corrected chi connectivity index (χ3v) is 5.40. The van der Waals surface area contributed by atoms with E-state index in [9.17, 15) is 4.79 Å². The topological polar surface area (TPSA) is 115 Å². The summed E-state index contributed by atoms with van der Waals surface area (Å²) in [5.41, 5.74) is 3.15. The van der Waals surface area contributed by atoms with Crippen LogP contribution in [0.1, 0.15) is 17.9 Å². The molecule has 0 aliphatic carbocycles. The molecule has 0 spiro atoms. The largest absolute Gasteiger partial charge is 0.497 e. The maximum Gasteiger partial charge on any atom is 0.407 e. The standard InChI is InChI=1S/C22H20N6O4/c1-31-15-2-3-16-18(12-15)23-9-6-19(16)32-13-21-25-24-20-5-4-17(26-28(20)21)14-7-10-27(11-8-14)22(29)30/h2-7,9,12H,8,10-11,13H2,1H3,(H,29,30). The predicted octanol–water partition coefficient (Wildman–Crippen LogP) is 3.03. The van der Waals surface area contributed by atoms with Gasteiger partial charge < -0.3 is 19.5 Å². The lowest BCUT2D eigenvalue weighted by Crippen LogP contribution is -2.33. The molecule has 1 aliphatic rings. The SMILES string of the molecule is COc1ccc2c(OCc3nnc4ccc(C5=CCN(C(=O)O)CC5)nn34)ccnc2c1. The normalized spacial score (nSPS) is 13.9. The number of methoxy groups -OCH3 is 1. The summed E-state index contributed by atoms with van der Waals surface area (Å²) < 4.78 is 13.0. The Balaban J connectivity index is 1.39. The Morgan fingerprint density at radius 3 is 2.88 bits per heavy atom. The fraction of sp³-hybridized carbons (Fsp3) is 0.227. The van der Waals surface area contributed by atoms with Crippen molar-refractivity contribution in [2.45, 2.75) is 13.0 Å². The minimum Gasteiger partial charge on any atom is -0.497 e. The lowest BCUT2D eigenvalue weighted by molar-refractivity contribution is 0.150. The van der Waals surface area contributed by atoms with Crippen LogP contribution in [0.15, 0.2) is 48.7 Å². The van der Waals surface area contributed by atoms with Crippen LogP contribution in [0.5, 0.6) is 11.5 Å². The summed E-state index contributed by atoms with van der Waals surface area (Å²) in [6.45, 7) is 0.968. The number of ether oxygens (including phenoxy) is 2. The molecule has 3 aromatic heterocycles. The van der Waals surface area contributed by atoms with E-state index in [-0.39, 0.29) is 6.61 Å². The van der Waals surface area contributed by atoms with Crippen LogP contribution < -0.4 is 9.47 Å². The molecular formula is C22H20N6O4. The van der Waals surface area contributed by atoms with E-state index in [1.807, 2.05) is 36.4 Å². The third-order valence-electron chi connectivity index (χ3n) is 5.40. The zero-order valence-corrected chi connectivity index (χ0v) is 17.3. The Kier molecular flexibility index (Phi) is 5.02. The van der Waals surface area contributed by atoms with Gasteiger partial charge >= 0.3 is 6.09 Å². The third kappa shape index (κ3) is 3.66. The first-order valence-corrected chi connectivity index (χ1v) is 10.1. The van der Waals surface area contributed by atoms with Crippen molar-refractivity contribution in [2.75, 3.05) is 20.2 Å². The highest BCUT2D eigenvalue weighted by Gasteiger charge is 2.18. The second-order valence-corrected chi connectivity index (χ2v) is 7.29. The Labute approximate surface area is 182 Å². The molecule has 0 radical (unpaired) electrons. The quantitative estimate of drug-likeness (QED) is 0.512. The van der Waals surface area contributed by atoms with E-state index >= 15 is 0 Å². The number of carbonyl (C=O) groups is 1. The second-order valence-electron chi connectivity index (χ2n) is 7.29. The Bertz CT molecular complexity index is 1350. The minimum atomic E-state index is -0.913.